The molecule has 0 saturated heterocycles. The molecule has 0 amide bonds. The number of benzene rings is 2. The highest BCUT2D eigenvalue weighted by Crippen LogP contribution is 2.39. The van der Waals surface area contributed by atoms with E-state index in [2.05, 4.69) is 6.92 Å². The van der Waals surface area contributed by atoms with Gasteiger partial charge in [-0.3, -0.25) is 4.57 Å². The fourth-order valence-corrected chi connectivity index (χ4v) is 3.87. The van der Waals surface area contributed by atoms with Gasteiger partial charge in [-0.05, 0) is 36.6 Å². The molecule has 0 radical (unpaired) electrons. The fraction of sp³-hybridized carbons (Fsp3) is 0.250. The Morgan fingerprint density at radius 1 is 1.00 bits per heavy atom. The molecule has 1 unspecified atom stereocenters. The normalized spacial score (nSPS) is 14.0. The highest BCUT2D eigenvalue weighted by molar-refractivity contribution is 7.73. The SMILES string of the molecule is CCCCc1ccccc1P(=O)(O)c1ccccc1. The van der Waals surface area contributed by atoms with Crippen molar-refractivity contribution in [2.24, 2.45) is 0 Å². The summed E-state index contributed by atoms with van der Waals surface area (Å²) in [7, 11) is -3.48. The molecular weight excluding hydrogens is 255 g/mol. The van der Waals surface area contributed by atoms with Crippen molar-refractivity contribution in [1.29, 1.82) is 0 Å². The van der Waals surface area contributed by atoms with Crippen molar-refractivity contribution in [1.82, 2.24) is 0 Å². The maximum atomic E-state index is 12.8. The summed E-state index contributed by atoms with van der Waals surface area (Å²) in [5.74, 6) is 0. The molecule has 0 bridgehead atoms. The van der Waals surface area contributed by atoms with Crippen molar-refractivity contribution in [2.75, 3.05) is 0 Å². The average Bonchev–Trinajstić information content (AvgIpc) is 2.46. The lowest BCUT2D eigenvalue weighted by Crippen LogP contribution is -2.19. The van der Waals surface area contributed by atoms with Crippen LogP contribution in [0.25, 0.3) is 0 Å². The molecule has 0 heterocycles. The minimum absolute atomic E-state index is 0.499. The molecular formula is C16H19O2P. The molecule has 2 rings (SSSR count). The van der Waals surface area contributed by atoms with Crippen LogP contribution < -0.4 is 10.6 Å². The number of hydrogen-bond donors (Lipinski definition) is 1. The van der Waals surface area contributed by atoms with Crippen molar-refractivity contribution < 1.29 is 9.46 Å². The molecule has 2 nitrogen and oxygen atoms in total. The van der Waals surface area contributed by atoms with Crippen LogP contribution in [0.2, 0.25) is 0 Å². The van der Waals surface area contributed by atoms with E-state index in [-0.39, 0.29) is 0 Å². The zero-order valence-corrected chi connectivity index (χ0v) is 12.0. The summed E-state index contributed by atoms with van der Waals surface area (Å²) >= 11 is 0. The van der Waals surface area contributed by atoms with Gasteiger partial charge in [0.15, 0.2) is 0 Å². The van der Waals surface area contributed by atoms with Gasteiger partial charge in [0.05, 0.1) is 0 Å². The third kappa shape index (κ3) is 3.15. The van der Waals surface area contributed by atoms with Gasteiger partial charge in [0.25, 0.3) is 7.37 Å². The minimum Gasteiger partial charge on any atom is -0.338 e. The van der Waals surface area contributed by atoms with Crippen LogP contribution >= 0.6 is 7.37 Å². The molecule has 3 heteroatoms. The van der Waals surface area contributed by atoms with Gasteiger partial charge in [-0.1, -0.05) is 49.7 Å². The van der Waals surface area contributed by atoms with E-state index in [0.29, 0.717) is 10.6 Å². The lowest BCUT2D eigenvalue weighted by molar-refractivity contribution is 0.500. The Balaban J connectivity index is 2.43. The Kier molecular flexibility index (Phi) is 4.57. The van der Waals surface area contributed by atoms with E-state index >= 15 is 0 Å². The van der Waals surface area contributed by atoms with Crippen molar-refractivity contribution in [3.05, 3.63) is 60.2 Å². The van der Waals surface area contributed by atoms with Crippen molar-refractivity contribution in [3.63, 3.8) is 0 Å². The molecule has 0 saturated carbocycles. The Hall–Kier alpha value is -1.37. The van der Waals surface area contributed by atoms with E-state index in [1.807, 2.05) is 24.3 Å². The topological polar surface area (TPSA) is 37.3 Å². The van der Waals surface area contributed by atoms with E-state index in [1.54, 1.807) is 30.3 Å². The quantitative estimate of drug-likeness (QED) is 0.850. The Bertz CT molecular complexity index is 578. The first-order chi connectivity index (χ1) is 9.16. The molecule has 2 aromatic carbocycles. The van der Waals surface area contributed by atoms with Gasteiger partial charge >= 0.3 is 0 Å². The maximum Gasteiger partial charge on any atom is 0.259 e. The molecule has 0 aliphatic carbocycles. The number of hydrogen-bond acceptors (Lipinski definition) is 1. The predicted octanol–water partition coefficient (Wildman–Crippen LogP) is 3.25. The second-order valence-electron chi connectivity index (χ2n) is 4.64. The van der Waals surface area contributed by atoms with Gasteiger partial charge in [-0.15, -0.1) is 0 Å². The van der Waals surface area contributed by atoms with Gasteiger partial charge in [-0.2, -0.15) is 0 Å². The molecule has 100 valence electrons. The summed E-state index contributed by atoms with van der Waals surface area (Å²) in [5.41, 5.74) is 0.985. The zero-order valence-electron chi connectivity index (χ0n) is 11.1. The molecule has 19 heavy (non-hydrogen) atoms. The summed E-state index contributed by atoms with van der Waals surface area (Å²) in [6.45, 7) is 2.12. The first-order valence-corrected chi connectivity index (χ1v) is 8.29. The summed E-state index contributed by atoms with van der Waals surface area (Å²) in [5, 5.41) is 1.08. The van der Waals surface area contributed by atoms with Crippen LogP contribution in [-0.4, -0.2) is 4.89 Å². The third-order valence-corrected chi connectivity index (χ3v) is 5.31. The first-order valence-electron chi connectivity index (χ1n) is 6.63. The van der Waals surface area contributed by atoms with E-state index in [0.717, 1.165) is 24.8 Å². The number of rotatable bonds is 5. The summed E-state index contributed by atoms with van der Waals surface area (Å²) in [6, 6.07) is 16.4. The second kappa shape index (κ2) is 6.18. The van der Waals surface area contributed by atoms with Crippen molar-refractivity contribution >= 4 is 18.0 Å². The Labute approximate surface area is 114 Å². The smallest absolute Gasteiger partial charge is 0.259 e. The van der Waals surface area contributed by atoms with Gasteiger partial charge < -0.3 is 4.89 Å². The molecule has 0 spiro atoms. The Morgan fingerprint density at radius 2 is 1.63 bits per heavy atom. The van der Waals surface area contributed by atoms with E-state index < -0.39 is 7.37 Å². The second-order valence-corrected chi connectivity index (χ2v) is 6.79. The maximum absolute atomic E-state index is 12.8. The summed E-state index contributed by atoms with van der Waals surface area (Å²) < 4.78 is 12.8. The van der Waals surface area contributed by atoms with E-state index in [1.165, 1.54) is 0 Å². The number of aryl methyl sites for hydroxylation is 1. The van der Waals surface area contributed by atoms with Crippen LogP contribution in [0.3, 0.4) is 0 Å². The van der Waals surface area contributed by atoms with Crippen LogP contribution in [0.4, 0.5) is 0 Å². The predicted molar refractivity (Wildman–Crippen MR) is 80.6 cm³/mol. The lowest BCUT2D eigenvalue weighted by Gasteiger charge is -2.16. The molecule has 2 aromatic rings. The van der Waals surface area contributed by atoms with E-state index in [9.17, 15) is 9.46 Å². The fourth-order valence-electron chi connectivity index (χ4n) is 2.15. The minimum atomic E-state index is -3.48. The van der Waals surface area contributed by atoms with Crippen LogP contribution in [0, 0.1) is 0 Å². The average molecular weight is 274 g/mol. The standard InChI is InChI=1S/C16H19O2P/c1-2-3-9-14-10-7-8-13-16(14)19(17,18)15-11-5-4-6-12-15/h4-8,10-13H,2-3,9H2,1H3,(H,17,18). The molecule has 0 aliphatic rings. The van der Waals surface area contributed by atoms with Gasteiger partial charge in [-0.25, -0.2) is 0 Å². The largest absolute Gasteiger partial charge is 0.338 e. The first kappa shape index (κ1) is 14.0. The van der Waals surface area contributed by atoms with Crippen LogP contribution in [0.1, 0.15) is 25.3 Å². The molecule has 0 aromatic heterocycles. The van der Waals surface area contributed by atoms with Crippen LogP contribution in [0.15, 0.2) is 54.6 Å². The molecule has 0 fully saturated rings. The molecule has 1 N–H and O–H groups in total. The highest BCUT2D eigenvalue weighted by atomic mass is 31.2. The summed E-state index contributed by atoms with van der Waals surface area (Å²) in [4.78, 5) is 10.5. The van der Waals surface area contributed by atoms with Crippen molar-refractivity contribution in [3.8, 4) is 0 Å². The highest BCUT2D eigenvalue weighted by Gasteiger charge is 2.26. The third-order valence-electron chi connectivity index (χ3n) is 3.22. The van der Waals surface area contributed by atoms with Gasteiger partial charge in [0, 0.05) is 10.6 Å². The monoisotopic (exact) mass is 274 g/mol. The lowest BCUT2D eigenvalue weighted by atomic mass is 10.1. The Morgan fingerprint density at radius 3 is 2.32 bits per heavy atom. The molecule has 0 aliphatic heterocycles. The van der Waals surface area contributed by atoms with Gasteiger partial charge in [0.2, 0.25) is 0 Å². The molecule has 1 atom stereocenters. The van der Waals surface area contributed by atoms with Crippen LogP contribution in [0.5, 0.6) is 0 Å². The van der Waals surface area contributed by atoms with E-state index in [4.69, 9.17) is 0 Å². The van der Waals surface area contributed by atoms with Crippen LogP contribution in [-0.2, 0) is 11.0 Å². The van der Waals surface area contributed by atoms with Gasteiger partial charge in [0.1, 0.15) is 0 Å². The van der Waals surface area contributed by atoms with Crippen molar-refractivity contribution in [2.45, 2.75) is 26.2 Å². The zero-order chi connectivity index (χ0) is 13.7. The number of unbranched alkanes of at least 4 members (excludes halogenated alkanes) is 1. The summed E-state index contributed by atoms with van der Waals surface area (Å²) in [6.07, 6.45) is 2.96.